The molecule has 0 aromatic heterocycles. The normalized spacial score (nSPS) is 12.7. The third-order valence-corrected chi connectivity index (χ3v) is 2.80. The zero-order chi connectivity index (χ0) is 7.49. The van der Waals surface area contributed by atoms with E-state index < -0.39 is 0 Å². The van der Waals surface area contributed by atoms with Gasteiger partial charge in [-0.1, -0.05) is 13.8 Å². The Morgan fingerprint density at radius 2 is 1.67 bits per heavy atom. The van der Waals surface area contributed by atoms with Crippen LogP contribution in [-0.2, 0) is 0 Å². The summed E-state index contributed by atoms with van der Waals surface area (Å²) in [5.41, 5.74) is -0.136. The Hall–Kier alpha value is 0.580. The highest BCUT2D eigenvalue weighted by Crippen LogP contribution is 2.35. The molecule has 0 saturated heterocycles. The van der Waals surface area contributed by atoms with E-state index in [0.717, 1.165) is 12.8 Å². The van der Waals surface area contributed by atoms with Gasteiger partial charge in [0.1, 0.15) is 4.84 Å². The molecule has 0 N–H and O–H groups in total. The fraction of sp³-hybridized carbons (Fsp3) is 0.857. The van der Waals surface area contributed by atoms with Crippen molar-refractivity contribution >= 4 is 23.2 Å². The number of hydrogen-bond donors (Lipinski definition) is 0. The Morgan fingerprint density at radius 1 is 1.33 bits per heavy atom. The Balaban J connectivity index is 3.92. The van der Waals surface area contributed by atoms with Gasteiger partial charge in [0.05, 0.1) is 0 Å². The molecule has 0 spiro atoms. The predicted octanol–water partition coefficient (Wildman–Crippen LogP) is 3.43. The molecule has 1 radical (unpaired) electrons. The first-order chi connectivity index (χ1) is 4.06. The first-order valence-corrected chi connectivity index (χ1v) is 4.07. The zero-order valence-electron chi connectivity index (χ0n) is 5.95. The summed E-state index contributed by atoms with van der Waals surface area (Å²) in [6.07, 6.45) is 1.86. The molecular weight excluding hydrogens is 155 g/mol. The molecule has 0 saturated carbocycles. The van der Waals surface area contributed by atoms with E-state index in [1.165, 1.54) is 0 Å². The number of alkyl halides is 2. The molecule has 55 valence electrons. The minimum Gasteiger partial charge on any atom is -0.105 e. The molecule has 0 amide bonds. The van der Waals surface area contributed by atoms with Gasteiger partial charge in [0.25, 0.3) is 0 Å². The lowest BCUT2D eigenvalue weighted by molar-refractivity contribution is 0.377. The van der Waals surface area contributed by atoms with Gasteiger partial charge in [0.15, 0.2) is 0 Å². The van der Waals surface area contributed by atoms with Crippen molar-refractivity contribution in [3.8, 4) is 0 Å². The molecule has 0 aliphatic rings. The van der Waals surface area contributed by atoms with Crippen LogP contribution in [0.3, 0.4) is 0 Å². The predicted molar refractivity (Wildman–Crippen MR) is 43.9 cm³/mol. The summed E-state index contributed by atoms with van der Waals surface area (Å²) in [5.74, 6) is 0. The van der Waals surface area contributed by atoms with E-state index in [-0.39, 0.29) is 10.3 Å². The molecule has 9 heavy (non-hydrogen) atoms. The second-order valence-electron chi connectivity index (χ2n) is 2.37. The van der Waals surface area contributed by atoms with Crippen LogP contribution in [0.2, 0.25) is 0 Å². The summed E-state index contributed by atoms with van der Waals surface area (Å²) in [6, 6.07) is 0. The summed E-state index contributed by atoms with van der Waals surface area (Å²) in [4.78, 5) is -0.340. The van der Waals surface area contributed by atoms with Crippen LogP contribution < -0.4 is 0 Å². The molecule has 0 nitrogen and oxygen atoms in total. The lowest BCUT2D eigenvalue weighted by atomic mass is 9.87. The Kier molecular flexibility index (Phi) is 3.91. The van der Waals surface area contributed by atoms with Crippen LogP contribution >= 0.6 is 23.2 Å². The maximum Gasteiger partial charge on any atom is 0.113 e. The van der Waals surface area contributed by atoms with Gasteiger partial charge < -0.3 is 0 Å². The summed E-state index contributed by atoms with van der Waals surface area (Å²) >= 11 is 11.4. The van der Waals surface area contributed by atoms with Crippen LogP contribution in [0, 0.1) is 12.3 Å². The molecule has 0 aromatic rings. The largest absolute Gasteiger partial charge is 0.113 e. The molecule has 2 heteroatoms. The van der Waals surface area contributed by atoms with Crippen molar-refractivity contribution in [2.45, 2.75) is 31.5 Å². The van der Waals surface area contributed by atoms with Crippen molar-refractivity contribution in [3.05, 3.63) is 6.92 Å². The third-order valence-electron chi connectivity index (χ3n) is 1.87. The first kappa shape index (κ1) is 9.58. The fourth-order valence-corrected chi connectivity index (χ4v) is 1.18. The number of rotatable bonds is 3. The van der Waals surface area contributed by atoms with E-state index >= 15 is 0 Å². The van der Waals surface area contributed by atoms with Crippen LogP contribution in [-0.4, -0.2) is 4.84 Å². The molecule has 0 rings (SSSR count). The monoisotopic (exact) mass is 167 g/mol. The maximum atomic E-state index is 5.69. The minimum absolute atomic E-state index is 0.136. The Bertz CT molecular complexity index is 75.0. The quantitative estimate of drug-likeness (QED) is 0.566. The summed E-state index contributed by atoms with van der Waals surface area (Å²) < 4.78 is 0. The van der Waals surface area contributed by atoms with Gasteiger partial charge in [-0.2, -0.15) is 0 Å². The summed E-state index contributed by atoms with van der Waals surface area (Å²) in [5, 5.41) is 0. The molecule has 0 atom stereocenters. The highest BCUT2D eigenvalue weighted by molar-refractivity contribution is 6.44. The van der Waals surface area contributed by atoms with Crippen molar-refractivity contribution in [2.24, 2.45) is 5.41 Å². The van der Waals surface area contributed by atoms with Crippen LogP contribution in [0.4, 0.5) is 0 Å². The SMILES string of the molecule is [CH2]C(CC)(CC)C(Cl)Cl. The average Bonchev–Trinajstić information content (AvgIpc) is 1.86. The molecular formula is C7H13Cl2. The van der Waals surface area contributed by atoms with E-state index in [4.69, 9.17) is 23.2 Å². The summed E-state index contributed by atoms with van der Waals surface area (Å²) in [6.45, 7) is 8.04. The molecule has 0 fully saturated rings. The van der Waals surface area contributed by atoms with Gasteiger partial charge >= 0.3 is 0 Å². The second-order valence-corrected chi connectivity index (χ2v) is 3.47. The van der Waals surface area contributed by atoms with Gasteiger partial charge in [-0.3, -0.25) is 0 Å². The van der Waals surface area contributed by atoms with Crippen LogP contribution in [0.5, 0.6) is 0 Å². The summed E-state index contributed by atoms with van der Waals surface area (Å²) in [7, 11) is 0. The van der Waals surface area contributed by atoms with E-state index in [9.17, 15) is 0 Å². The van der Waals surface area contributed by atoms with Crippen molar-refractivity contribution in [2.75, 3.05) is 0 Å². The number of hydrogen-bond acceptors (Lipinski definition) is 0. The van der Waals surface area contributed by atoms with Crippen molar-refractivity contribution in [1.29, 1.82) is 0 Å². The topological polar surface area (TPSA) is 0 Å². The van der Waals surface area contributed by atoms with Crippen LogP contribution in [0.15, 0.2) is 0 Å². The highest BCUT2D eigenvalue weighted by atomic mass is 35.5. The van der Waals surface area contributed by atoms with Crippen LogP contribution in [0.25, 0.3) is 0 Å². The van der Waals surface area contributed by atoms with Gasteiger partial charge in [-0.25, -0.2) is 0 Å². The van der Waals surface area contributed by atoms with E-state index in [1.807, 2.05) is 13.8 Å². The van der Waals surface area contributed by atoms with E-state index in [1.54, 1.807) is 0 Å². The highest BCUT2D eigenvalue weighted by Gasteiger charge is 2.27. The minimum atomic E-state index is -0.340. The third kappa shape index (κ3) is 2.35. The molecule has 0 aliphatic carbocycles. The lowest BCUT2D eigenvalue weighted by Gasteiger charge is -2.27. The van der Waals surface area contributed by atoms with Crippen LogP contribution in [0.1, 0.15) is 26.7 Å². The smallest absolute Gasteiger partial charge is 0.105 e. The maximum absolute atomic E-state index is 5.69. The van der Waals surface area contributed by atoms with Gasteiger partial charge in [0.2, 0.25) is 0 Å². The van der Waals surface area contributed by atoms with Crippen molar-refractivity contribution in [3.63, 3.8) is 0 Å². The van der Waals surface area contributed by atoms with Crippen molar-refractivity contribution < 1.29 is 0 Å². The van der Waals surface area contributed by atoms with Gasteiger partial charge in [-0.15, -0.1) is 23.2 Å². The van der Waals surface area contributed by atoms with E-state index in [2.05, 4.69) is 6.92 Å². The molecule has 0 unspecified atom stereocenters. The van der Waals surface area contributed by atoms with Gasteiger partial charge in [0, 0.05) is 5.41 Å². The van der Waals surface area contributed by atoms with Crippen molar-refractivity contribution in [1.82, 2.24) is 0 Å². The first-order valence-electron chi connectivity index (χ1n) is 3.20. The molecule has 0 bridgehead atoms. The van der Waals surface area contributed by atoms with Gasteiger partial charge in [-0.05, 0) is 19.8 Å². The Labute approximate surface area is 67.5 Å². The fourth-order valence-electron chi connectivity index (χ4n) is 0.559. The lowest BCUT2D eigenvalue weighted by Crippen LogP contribution is -2.22. The molecule has 0 aliphatic heterocycles. The zero-order valence-corrected chi connectivity index (χ0v) is 7.47. The second kappa shape index (κ2) is 3.68. The number of halogens is 2. The Morgan fingerprint density at radius 3 is 1.67 bits per heavy atom. The average molecular weight is 168 g/mol. The standard InChI is InChI=1S/C7H13Cl2/c1-4-7(3,5-2)6(8)9/h6H,3-5H2,1-2H3. The van der Waals surface area contributed by atoms with E-state index in [0.29, 0.717) is 0 Å². The molecule has 0 heterocycles. The molecule has 0 aromatic carbocycles.